The molecule has 0 aromatic heterocycles. The number of nitrogens with zero attached hydrogens (tertiary/aromatic N) is 1. The fourth-order valence-corrected chi connectivity index (χ4v) is 4.91. The first kappa shape index (κ1) is 23.6. The van der Waals surface area contributed by atoms with Crippen LogP contribution in [0, 0.1) is 20.8 Å². The lowest BCUT2D eigenvalue weighted by molar-refractivity contribution is -0.114. The summed E-state index contributed by atoms with van der Waals surface area (Å²) in [6.45, 7) is 5.17. The molecule has 0 fully saturated rings. The Labute approximate surface area is 193 Å². The molecule has 0 saturated carbocycles. The van der Waals surface area contributed by atoms with E-state index in [0.29, 0.717) is 10.7 Å². The summed E-state index contributed by atoms with van der Waals surface area (Å²) in [6, 6.07) is 16.7. The lowest BCUT2D eigenvalue weighted by atomic mass is 10.1. The first-order valence-corrected chi connectivity index (χ1v) is 11.7. The summed E-state index contributed by atoms with van der Waals surface area (Å²) >= 11 is 6.17. The van der Waals surface area contributed by atoms with Crippen LogP contribution in [0.3, 0.4) is 0 Å². The number of methoxy groups -OCH3 is 1. The summed E-state index contributed by atoms with van der Waals surface area (Å²) in [7, 11) is -2.66. The van der Waals surface area contributed by atoms with E-state index in [1.807, 2.05) is 39.0 Å². The van der Waals surface area contributed by atoms with Gasteiger partial charge in [0.2, 0.25) is 5.91 Å². The van der Waals surface area contributed by atoms with Crippen molar-refractivity contribution in [2.75, 3.05) is 23.3 Å². The molecule has 3 aromatic rings. The minimum absolute atomic E-state index is 0.0602. The average Bonchev–Trinajstić information content (AvgIpc) is 2.75. The van der Waals surface area contributed by atoms with Gasteiger partial charge in [-0.3, -0.25) is 9.10 Å². The van der Waals surface area contributed by atoms with E-state index in [-0.39, 0.29) is 16.3 Å². The molecule has 1 N–H and O–H groups in total. The van der Waals surface area contributed by atoms with E-state index in [2.05, 4.69) is 5.32 Å². The SMILES string of the molecule is COc1ccc(Cl)cc1N(CC(=O)Nc1c(C)cccc1C)S(=O)(=O)c1ccc(C)cc1. The van der Waals surface area contributed by atoms with Crippen LogP contribution in [-0.2, 0) is 14.8 Å². The first-order chi connectivity index (χ1) is 15.1. The molecule has 6 nitrogen and oxygen atoms in total. The zero-order chi connectivity index (χ0) is 23.5. The quantitative estimate of drug-likeness (QED) is 0.518. The van der Waals surface area contributed by atoms with E-state index in [0.717, 1.165) is 21.0 Å². The zero-order valence-corrected chi connectivity index (χ0v) is 19.9. The van der Waals surface area contributed by atoms with E-state index in [1.165, 1.54) is 25.3 Å². The molecular weight excluding hydrogens is 448 g/mol. The summed E-state index contributed by atoms with van der Waals surface area (Å²) in [6.07, 6.45) is 0. The summed E-state index contributed by atoms with van der Waals surface area (Å²) in [5.74, 6) is -0.204. The standard InChI is InChI=1S/C24H25ClN2O4S/c1-16-8-11-20(12-9-16)32(29,30)27(21-14-19(25)10-13-22(21)31-4)15-23(28)26-24-17(2)6-5-7-18(24)3/h5-14H,15H2,1-4H3,(H,26,28). The molecule has 0 spiro atoms. The minimum Gasteiger partial charge on any atom is -0.495 e. The molecule has 8 heteroatoms. The highest BCUT2D eigenvalue weighted by Crippen LogP contribution is 2.35. The van der Waals surface area contributed by atoms with Crippen molar-refractivity contribution in [3.63, 3.8) is 0 Å². The number of nitrogens with one attached hydrogen (secondary N) is 1. The second-order valence-corrected chi connectivity index (χ2v) is 9.75. The normalized spacial score (nSPS) is 11.2. The van der Waals surface area contributed by atoms with Gasteiger partial charge in [-0.05, 0) is 62.2 Å². The fraction of sp³-hybridized carbons (Fsp3) is 0.208. The molecule has 1 amide bonds. The molecule has 32 heavy (non-hydrogen) atoms. The number of benzene rings is 3. The maximum absolute atomic E-state index is 13.6. The second-order valence-electron chi connectivity index (χ2n) is 7.46. The number of hydrogen-bond acceptors (Lipinski definition) is 4. The van der Waals surface area contributed by atoms with E-state index in [1.54, 1.807) is 24.3 Å². The molecule has 0 aliphatic heterocycles. The van der Waals surface area contributed by atoms with E-state index in [4.69, 9.17) is 16.3 Å². The van der Waals surface area contributed by atoms with E-state index < -0.39 is 22.5 Å². The molecule has 0 aliphatic carbocycles. The van der Waals surface area contributed by atoms with Crippen molar-refractivity contribution in [3.05, 3.63) is 82.4 Å². The highest BCUT2D eigenvalue weighted by Gasteiger charge is 2.30. The third-order valence-electron chi connectivity index (χ3n) is 5.05. The molecule has 168 valence electrons. The lowest BCUT2D eigenvalue weighted by Crippen LogP contribution is -2.38. The molecule has 0 radical (unpaired) electrons. The predicted molar refractivity (Wildman–Crippen MR) is 128 cm³/mol. The van der Waals surface area contributed by atoms with Crippen molar-refractivity contribution in [2.24, 2.45) is 0 Å². The predicted octanol–water partition coefficient (Wildman–Crippen LogP) is 5.11. The number of anilines is 2. The van der Waals surface area contributed by atoms with Crippen molar-refractivity contribution in [1.29, 1.82) is 0 Å². The Morgan fingerprint density at radius 3 is 2.22 bits per heavy atom. The highest BCUT2D eigenvalue weighted by molar-refractivity contribution is 7.92. The number of rotatable bonds is 7. The summed E-state index contributed by atoms with van der Waals surface area (Å²) in [4.78, 5) is 13.1. The maximum atomic E-state index is 13.6. The summed E-state index contributed by atoms with van der Waals surface area (Å²) in [5.41, 5.74) is 3.52. The van der Waals surface area contributed by atoms with Crippen LogP contribution in [0.2, 0.25) is 5.02 Å². The molecule has 0 bridgehead atoms. The Morgan fingerprint density at radius 2 is 1.62 bits per heavy atom. The Bertz CT molecular complexity index is 1220. The van der Waals surface area contributed by atoms with Crippen LogP contribution in [-0.4, -0.2) is 28.0 Å². The number of carbonyl (C=O) groups excluding carboxylic acids is 1. The van der Waals surface area contributed by atoms with Crippen molar-refractivity contribution >= 4 is 38.9 Å². The third kappa shape index (κ3) is 5.06. The summed E-state index contributed by atoms with van der Waals surface area (Å²) < 4.78 is 33.6. The molecular formula is C24H25ClN2O4S. The molecule has 0 atom stereocenters. The largest absolute Gasteiger partial charge is 0.495 e. The van der Waals surface area contributed by atoms with Gasteiger partial charge in [-0.2, -0.15) is 0 Å². The van der Waals surface area contributed by atoms with Crippen molar-refractivity contribution in [2.45, 2.75) is 25.7 Å². The van der Waals surface area contributed by atoms with Crippen LogP contribution in [0.4, 0.5) is 11.4 Å². The first-order valence-electron chi connectivity index (χ1n) is 9.92. The zero-order valence-electron chi connectivity index (χ0n) is 18.3. The number of halogens is 1. The molecule has 0 unspecified atom stereocenters. The molecule has 0 aliphatic rings. The second kappa shape index (κ2) is 9.63. The topological polar surface area (TPSA) is 75.7 Å². The molecule has 0 heterocycles. The monoisotopic (exact) mass is 472 g/mol. The van der Waals surface area contributed by atoms with Gasteiger partial charge in [0.15, 0.2) is 0 Å². The van der Waals surface area contributed by atoms with Gasteiger partial charge in [-0.25, -0.2) is 8.42 Å². The van der Waals surface area contributed by atoms with Gasteiger partial charge in [0.05, 0.1) is 17.7 Å². The third-order valence-corrected chi connectivity index (χ3v) is 7.06. The van der Waals surface area contributed by atoms with Crippen molar-refractivity contribution in [1.82, 2.24) is 0 Å². The van der Waals surface area contributed by atoms with Crippen LogP contribution < -0.4 is 14.4 Å². The fourth-order valence-electron chi connectivity index (χ4n) is 3.32. The molecule has 3 rings (SSSR count). The number of carbonyl (C=O) groups is 1. The van der Waals surface area contributed by atoms with Crippen molar-refractivity contribution in [3.8, 4) is 5.75 Å². The van der Waals surface area contributed by atoms with E-state index in [9.17, 15) is 13.2 Å². The van der Waals surface area contributed by atoms with E-state index >= 15 is 0 Å². The Balaban J connectivity index is 2.06. The minimum atomic E-state index is -4.09. The molecule has 3 aromatic carbocycles. The Morgan fingerprint density at radius 1 is 1.00 bits per heavy atom. The number of ether oxygens (including phenoxy) is 1. The van der Waals surface area contributed by atoms with Crippen LogP contribution in [0.15, 0.2) is 65.6 Å². The van der Waals surface area contributed by atoms with Crippen LogP contribution in [0.1, 0.15) is 16.7 Å². The summed E-state index contributed by atoms with van der Waals surface area (Å²) in [5, 5.41) is 3.16. The van der Waals surface area contributed by atoms with Gasteiger partial charge in [0, 0.05) is 10.7 Å². The number of hydrogen-bond donors (Lipinski definition) is 1. The number of amides is 1. The number of sulfonamides is 1. The average molecular weight is 473 g/mol. The van der Waals surface area contributed by atoms with Gasteiger partial charge >= 0.3 is 0 Å². The Kier molecular flexibility index (Phi) is 7.11. The Hall–Kier alpha value is -3.03. The number of aryl methyl sites for hydroxylation is 3. The number of para-hydroxylation sites is 1. The molecule has 0 saturated heterocycles. The van der Waals surface area contributed by atoms with Crippen molar-refractivity contribution < 1.29 is 17.9 Å². The van der Waals surface area contributed by atoms with Crippen LogP contribution in [0.25, 0.3) is 0 Å². The van der Waals surface area contributed by atoms with Gasteiger partial charge in [0.1, 0.15) is 12.3 Å². The maximum Gasteiger partial charge on any atom is 0.264 e. The lowest BCUT2D eigenvalue weighted by Gasteiger charge is -2.26. The van der Waals surface area contributed by atoms with Crippen LogP contribution >= 0.6 is 11.6 Å². The van der Waals surface area contributed by atoms with Gasteiger partial charge in [0.25, 0.3) is 10.0 Å². The van der Waals surface area contributed by atoms with Gasteiger partial charge in [-0.15, -0.1) is 0 Å². The van der Waals surface area contributed by atoms with Gasteiger partial charge in [-0.1, -0.05) is 47.5 Å². The highest BCUT2D eigenvalue weighted by atomic mass is 35.5. The van der Waals surface area contributed by atoms with Gasteiger partial charge < -0.3 is 10.1 Å². The smallest absolute Gasteiger partial charge is 0.264 e. The van der Waals surface area contributed by atoms with Crippen LogP contribution in [0.5, 0.6) is 5.75 Å².